The molecule has 2 N–H and O–H groups in total. The second-order valence-electron chi connectivity index (χ2n) is 5.57. The molecule has 118 valence electrons. The first-order valence-corrected chi connectivity index (χ1v) is 7.17. The standard InChI is InChI=1S/C15H19N3O4/c1-17-13-11(14(20)18(15(13)21)7-8-22-2)12(16-17)9-5-3-4-6-10(9)19/h3-6,11-13,16,19H,7-8H2,1-2H3. The highest BCUT2D eigenvalue weighted by Gasteiger charge is 2.57. The van der Waals surface area contributed by atoms with Crippen molar-refractivity contribution in [3.05, 3.63) is 29.8 Å². The monoisotopic (exact) mass is 305 g/mol. The molecule has 1 aromatic carbocycles. The molecule has 0 bridgehead atoms. The van der Waals surface area contributed by atoms with Crippen LogP contribution in [0.5, 0.6) is 5.75 Å². The average molecular weight is 305 g/mol. The van der Waals surface area contributed by atoms with E-state index in [4.69, 9.17) is 4.74 Å². The van der Waals surface area contributed by atoms with Crippen LogP contribution in [0.25, 0.3) is 0 Å². The van der Waals surface area contributed by atoms with E-state index in [2.05, 4.69) is 5.43 Å². The first-order valence-electron chi connectivity index (χ1n) is 7.17. The molecular formula is C15H19N3O4. The quantitative estimate of drug-likeness (QED) is 0.755. The summed E-state index contributed by atoms with van der Waals surface area (Å²) in [5.74, 6) is -0.871. The topological polar surface area (TPSA) is 82.1 Å². The summed E-state index contributed by atoms with van der Waals surface area (Å²) < 4.78 is 4.96. The number of likely N-dealkylation sites (tertiary alicyclic amines) is 1. The second kappa shape index (κ2) is 5.68. The molecule has 3 rings (SSSR count). The summed E-state index contributed by atoms with van der Waals surface area (Å²) >= 11 is 0. The lowest BCUT2D eigenvalue weighted by atomic mass is 9.90. The number of amides is 2. The summed E-state index contributed by atoms with van der Waals surface area (Å²) in [4.78, 5) is 26.4. The van der Waals surface area contributed by atoms with Gasteiger partial charge in [0.1, 0.15) is 11.8 Å². The Hall–Kier alpha value is -1.96. The predicted molar refractivity (Wildman–Crippen MR) is 77.6 cm³/mol. The molecule has 7 nitrogen and oxygen atoms in total. The minimum absolute atomic E-state index is 0.115. The van der Waals surface area contributed by atoms with Crippen LogP contribution in [0.3, 0.4) is 0 Å². The molecule has 1 aromatic rings. The van der Waals surface area contributed by atoms with Crippen molar-refractivity contribution in [2.75, 3.05) is 27.3 Å². The fraction of sp³-hybridized carbons (Fsp3) is 0.467. The maximum Gasteiger partial charge on any atom is 0.248 e. The Morgan fingerprint density at radius 2 is 2.00 bits per heavy atom. The van der Waals surface area contributed by atoms with Gasteiger partial charge in [0.25, 0.3) is 0 Å². The molecule has 0 aliphatic carbocycles. The van der Waals surface area contributed by atoms with Crippen molar-refractivity contribution in [3.8, 4) is 5.75 Å². The van der Waals surface area contributed by atoms with Crippen molar-refractivity contribution in [2.45, 2.75) is 12.1 Å². The molecule has 2 amide bonds. The third-order valence-corrected chi connectivity index (χ3v) is 4.32. The van der Waals surface area contributed by atoms with Crippen molar-refractivity contribution in [2.24, 2.45) is 5.92 Å². The van der Waals surface area contributed by atoms with Crippen molar-refractivity contribution in [1.82, 2.24) is 15.3 Å². The molecule has 2 saturated heterocycles. The number of aromatic hydroxyl groups is 1. The van der Waals surface area contributed by atoms with Crippen LogP contribution in [0.4, 0.5) is 0 Å². The number of ether oxygens (including phenoxy) is 1. The van der Waals surface area contributed by atoms with Crippen molar-refractivity contribution in [1.29, 1.82) is 0 Å². The zero-order valence-corrected chi connectivity index (χ0v) is 12.5. The fourth-order valence-corrected chi connectivity index (χ4v) is 3.26. The number of methoxy groups -OCH3 is 1. The van der Waals surface area contributed by atoms with Crippen LogP contribution in [-0.2, 0) is 14.3 Å². The first-order chi connectivity index (χ1) is 10.6. The molecule has 0 saturated carbocycles. The van der Waals surface area contributed by atoms with Gasteiger partial charge in [0.2, 0.25) is 11.8 Å². The highest BCUT2D eigenvalue weighted by atomic mass is 16.5. The van der Waals surface area contributed by atoms with Gasteiger partial charge in [-0.3, -0.25) is 14.5 Å². The zero-order valence-electron chi connectivity index (χ0n) is 12.5. The molecule has 22 heavy (non-hydrogen) atoms. The molecule has 2 fully saturated rings. The Balaban J connectivity index is 1.93. The predicted octanol–water partition coefficient (Wildman–Crippen LogP) is -0.117. The lowest BCUT2D eigenvalue weighted by molar-refractivity contribution is -0.142. The van der Waals surface area contributed by atoms with Crippen molar-refractivity contribution >= 4 is 11.8 Å². The molecule has 7 heteroatoms. The number of carbonyl (C=O) groups is 2. The van der Waals surface area contributed by atoms with Crippen LogP contribution in [0.15, 0.2) is 24.3 Å². The number of hydrogen-bond donors (Lipinski definition) is 2. The van der Waals surface area contributed by atoms with Gasteiger partial charge in [-0.15, -0.1) is 0 Å². The van der Waals surface area contributed by atoms with E-state index in [0.29, 0.717) is 12.2 Å². The lowest BCUT2D eigenvalue weighted by Gasteiger charge is -2.22. The normalized spacial score (nSPS) is 28.5. The molecule has 0 spiro atoms. The van der Waals surface area contributed by atoms with Gasteiger partial charge >= 0.3 is 0 Å². The van der Waals surface area contributed by atoms with Gasteiger partial charge in [0.15, 0.2) is 0 Å². The summed E-state index contributed by atoms with van der Waals surface area (Å²) in [5, 5.41) is 11.7. The molecule has 0 aromatic heterocycles. The summed E-state index contributed by atoms with van der Waals surface area (Å²) in [7, 11) is 3.27. The SMILES string of the molecule is COCCN1C(=O)C2C(c3ccccc3O)NN(C)C2C1=O. The number of imide groups is 1. The van der Waals surface area contributed by atoms with Crippen LogP contribution < -0.4 is 5.43 Å². The smallest absolute Gasteiger partial charge is 0.248 e. The van der Waals surface area contributed by atoms with Gasteiger partial charge in [-0.25, -0.2) is 10.4 Å². The zero-order chi connectivity index (χ0) is 15.9. The number of nitrogens with zero attached hydrogens (tertiary/aromatic N) is 2. The lowest BCUT2D eigenvalue weighted by Crippen LogP contribution is -2.43. The van der Waals surface area contributed by atoms with E-state index >= 15 is 0 Å². The van der Waals surface area contributed by atoms with Gasteiger partial charge in [0, 0.05) is 19.7 Å². The molecule has 2 aliphatic heterocycles. The van der Waals surface area contributed by atoms with Gasteiger partial charge < -0.3 is 9.84 Å². The van der Waals surface area contributed by atoms with E-state index in [9.17, 15) is 14.7 Å². The Morgan fingerprint density at radius 1 is 1.27 bits per heavy atom. The van der Waals surface area contributed by atoms with Gasteiger partial charge in [-0.05, 0) is 6.07 Å². The number of hydrazine groups is 1. The number of nitrogens with one attached hydrogen (secondary N) is 1. The van der Waals surface area contributed by atoms with E-state index in [1.807, 2.05) is 0 Å². The Labute approximate surface area is 128 Å². The number of rotatable bonds is 4. The van der Waals surface area contributed by atoms with E-state index < -0.39 is 18.0 Å². The van der Waals surface area contributed by atoms with Crippen LogP contribution in [-0.4, -0.2) is 60.2 Å². The minimum Gasteiger partial charge on any atom is -0.508 e. The van der Waals surface area contributed by atoms with Crippen LogP contribution in [0.2, 0.25) is 0 Å². The van der Waals surface area contributed by atoms with Gasteiger partial charge in [0.05, 0.1) is 25.1 Å². The van der Waals surface area contributed by atoms with Crippen LogP contribution in [0, 0.1) is 5.92 Å². The summed E-state index contributed by atoms with van der Waals surface area (Å²) in [5.41, 5.74) is 3.75. The number of carbonyl (C=O) groups excluding carboxylic acids is 2. The van der Waals surface area contributed by atoms with Crippen LogP contribution in [0.1, 0.15) is 11.6 Å². The number of phenolic OH excluding ortho intramolecular Hbond substituents is 1. The van der Waals surface area contributed by atoms with Crippen molar-refractivity contribution in [3.63, 3.8) is 0 Å². The fourth-order valence-electron chi connectivity index (χ4n) is 3.26. The highest BCUT2D eigenvalue weighted by molar-refractivity contribution is 6.08. The Kier molecular flexibility index (Phi) is 3.86. The number of fused-ring (bicyclic) bond motifs is 1. The van der Waals surface area contributed by atoms with E-state index in [1.165, 1.54) is 12.0 Å². The average Bonchev–Trinajstić information content (AvgIpc) is 2.96. The summed E-state index contributed by atoms with van der Waals surface area (Å²) in [6, 6.07) is 5.90. The molecule has 2 aliphatic rings. The minimum atomic E-state index is -0.547. The molecular weight excluding hydrogens is 286 g/mol. The molecule has 2 heterocycles. The second-order valence-corrected chi connectivity index (χ2v) is 5.57. The maximum absolute atomic E-state index is 12.6. The molecule has 3 unspecified atom stereocenters. The van der Waals surface area contributed by atoms with Gasteiger partial charge in [-0.1, -0.05) is 18.2 Å². The summed E-state index contributed by atoms with van der Waals surface area (Å²) in [6.07, 6.45) is 0. The Morgan fingerprint density at radius 3 is 2.68 bits per heavy atom. The first kappa shape index (κ1) is 15.0. The Bertz CT molecular complexity index is 606. The summed E-state index contributed by atoms with van der Waals surface area (Å²) in [6.45, 7) is 0.567. The number of likely N-dealkylation sites (N-methyl/N-ethyl adjacent to an activating group) is 1. The van der Waals surface area contributed by atoms with Crippen LogP contribution >= 0.6 is 0 Å². The highest BCUT2D eigenvalue weighted by Crippen LogP contribution is 2.41. The number of hydrogen-bond acceptors (Lipinski definition) is 6. The van der Waals surface area contributed by atoms with E-state index in [1.54, 1.807) is 36.3 Å². The maximum atomic E-state index is 12.6. The van der Waals surface area contributed by atoms with E-state index in [0.717, 1.165) is 0 Å². The number of benzene rings is 1. The third-order valence-electron chi connectivity index (χ3n) is 4.32. The third kappa shape index (κ3) is 2.18. The van der Waals surface area contributed by atoms with Crippen molar-refractivity contribution < 1.29 is 19.4 Å². The largest absolute Gasteiger partial charge is 0.508 e. The van der Waals surface area contributed by atoms with Gasteiger partial charge in [-0.2, -0.15) is 0 Å². The number of phenols is 1. The molecule has 3 atom stereocenters. The molecule has 0 radical (unpaired) electrons. The number of para-hydroxylation sites is 1. The van der Waals surface area contributed by atoms with E-state index in [-0.39, 0.29) is 24.1 Å².